The van der Waals surface area contributed by atoms with Crippen molar-refractivity contribution in [3.63, 3.8) is 0 Å². The SMILES string of the molecule is CC1(C)OCN(C(=O)CBr)c2ccccc21. The summed E-state index contributed by atoms with van der Waals surface area (Å²) in [6.07, 6.45) is 0. The van der Waals surface area contributed by atoms with Gasteiger partial charge in [-0.1, -0.05) is 34.1 Å². The first kappa shape index (κ1) is 11.6. The van der Waals surface area contributed by atoms with Crippen LogP contribution in [0.3, 0.4) is 0 Å². The maximum Gasteiger partial charge on any atom is 0.239 e. The quantitative estimate of drug-likeness (QED) is 0.742. The van der Waals surface area contributed by atoms with E-state index in [0.29, 0.717) is 12.1 Å². The van der Waals surface area contributed by atoms with Gasteiger partial charge in [-0.2, -0.15) is 0 Å². The normalized spacial score (nSPS) is 18.1. The van der Waals surface area contributed by atoms with Gasteiger partial charge in [0.1, 0.15) is 6.73 Å². The summed E-state index contributed by atoms with van der Waals surface area (Å²) in [4.78, 5) is 13.4. The van der Waals surface area contributed by atoms with Gasteiger partial charge in [-0.15, -0.1) is 0 Å². The number of alkyl halides is 1. The number of carbonyl (C=O) groups is 1. The number of amides is 1. The van der Waals surface area contributed by atoms with E-state index in [4.69, 9.17) is 4.74 Å². The Morgan fingerprint density at radius 3 is 2.88 bits per heavy atom. The molecule has 1 aromatic carbocycles. The van der Waals surface area contributed by atoms with Gasteiger partial charge in [-0.3, -0.25) is 9.69 Å². The fraction of sp³-hybridized carbons (Fsp3) is 0.417. The molecule has 0 aliphatic carbocycles. The van der Waals surface area contributed by atoms with Crippen LogP contribution < -0.4 is 4.90 Å². The molecular weight excluding hydrogens is 270 g/mol. The number of halogens is 1. The summed E-state index contributed by atoms with van der Waals surface area (Å²) in [6, 6.07) is 7.87. The van der Waals surface area contributed by atoms with Gasteiger partial charge in [-0.25, -0.2) is 0 Å². The minimum Gasteiger partial charge on any atom is -0.350 e. The molecule has 0 unspecified atom stereocenters. The van der Waals surface area contributed by atoms with Crippen LogP contribution in [0.25, 0.3) is 0 Å². The summed E-state index contributed by atoms with van der Waals surface area (Å²) in [6.45, 7) is 4.35. The molecule has 4 heteroatoms. The molecule has 0 radical (unpaired) electrons. The lowest BCUT2D eigenvalue weighted by atomic mass is 9.94. The van der Waals surface area contributed by atoms with E-state index in [0.717, 1.165) is 11.3 Å². The van der Waals surface area contributed by atoms with Crippen molar-refractivity contribution in [1.29, 1.82) is 0 Å². The third kappa shape index (κ3) is 1.87. The van der Waals surface area contributed by atoms with Crippen molar-refractivity contribution in [3.8, 4) is 0 Å². The molecule has 0 saturated heterocycles. The highest BCUT2D eigenvalue weighted by atomic mass is 79.9. The number of nitrogens with zero attached hydrogens (tertiary/aromatic N) is 1. The molecule has 3 nitrogen and oxygen atoms in total. The number of anilines is 1. The predicted octanol–water partition coefficient (Wildman–Crippen LogP) is 2.64. The Morgan fingerprint density at radius 1 is 1.50 bits per heavy atom. The lowest BCUT2D eigenvalue weighted by molar-refractivity contribution is -0.119. The van der Waals surface area contributed by atoms with Gasteiger partial charge in [0.2, 0.25) is 5.91 Å². The summed E-state index contributed by atoms with van der Waals surface area (Å²) in [5.41, 5.74) is 1.67. The molecule has 1 aliphatic rings. The standard InChI is InChI=1S/C12H14BrNO2/c1-12(2)9-5-3-4-6-10(9)14(8-16-12)11(15)7-13/h3-6H,7-8H2,1-2H3. The summed E-state index contributed by atoms with van der Waals surface area (Å²) in [5.74, 6) is 0.0166. The topological polar surface area (TPSA) is 29.5 Å². The van der Waals surface area contributed by atoms with Gasteiger partial charge in [-0.05, 0) is 19.9 Å². The van der Waals surface area contributed by atoms with E-state index in [9.17, 15) is 4.79 Å². The van der Waals surface area contributed by atoms with Crippen molar-refractivity contribution in [3.05, 3.63) is 29.8 Å². The number of hydrogen-bond donors (Lipinski definition) is 0. The zero-order valence-electron chi connectivity index (χ0n) is 9.37. The molecule has 16 heavy (non-hydrogen) atoms. The van der Waals surface area contributed by atoms with E-state index in [1.165, 1.54) is 0 Å². The average Bonchev–Trinajstić information content (AvgIpc) is 2.28. The number of rotatable bonds is 1. The lowest BCUT2D eigenvalue weighted by Crippen LogP contribution is -2.43. The van der Waals surface area contributed by atoms with Crippen molar-refractivity contribution in [2.75, 3.05) is 17.0 Å². The molecule has 0 spiro atoms. The van der Waals surface area contributed by atoms with Gasteiger partial charge in [0.25, 0.3) is 0 Å². The Hall–Kier alpha value is -0.870. The second kappa shape index (κ2) is 4.18. The van der Waals surface area contributed by atoms with Gasteiger partial charge in [0, 0.05) is 5.56 Å². The molecule has 1 heterocycles. The van der Waals surface area contributed by atoms with Gasteiger partial charge < -0.3 is 4.74 Å². The van der Waals surface area contributed by atoms with Crippen LogP contribution in [0.4, 0.5) is 5.69 Å². The second-order valence-electron chi connectivity index (χ2n) is 4.26. The van der Waals surface area contributed by atoms with Crippen molar-refractivity contribution in [2.24, 2.45) is 0 Å². The number of fused-ring (bicyclic) bond motifs is 1. The smallest absolute Gasteiger partial charge is 0.239 e. The molecule has 0 atom stereocenters. The number of carbonyl (C=O) groups excluding carboxylic acids is 1. The van der Waals surface area contributed by atoms with Crippen molar-refractivity contribution < 1.29 is 9.53 Å². The van der Waals surface area contributed by atoms with Crippen molar-refractivity contribution >= 4 is 27.5 Å². The van der Waals surface area contributed by atoms with E-state index in [1.54, 1.807) is 4.90 Å². The number of ether oxygens (including phenoxy) is 1. The highest BCUT2D eigenvalue weighted by molar-refractivity contribution is 9.09. The molecule has 0 bridgehead atoms. The number of para-hydroxylation sites is 1. The fourth-order valence-electron chi connectivity index (χ4n) is 1.87. The summed E-state index contributed by atoms with van der Waals surface area (Å²) in [7, 11) is 0. The first-order valence-corrected chi connectivity index (χ1v) is 6.28. The minimum absolute atomic E-state index is 0.0166. The lowest BCUT2D eigenvalue weighted by Gasteiger charge is -2.38. The number of hydrogen-bond acceptors (Lipinski definition) is 2. The van der Waals surface area contributed by atoms with Crippen molar-refractivity contribution in [1.82, 2.24) is 0 Å². The minimum atomic E-state index is -0.334. The van der Waals surface area contributed by atoms with Gasteiger partial charge >= 0.3 is 0 Å². The summed E-state index contributed by atoms with van der Waals surface area (Å²) < 4.78 is 5.71. The molecule has 0 fully saturated rings. The van der Waals surface area contributed by atoms with Crippen LogP contribution in [0.2, 0.25) is 0 Å². The number of benzene rings is 1. The molecular formula is C12H14BrNO2. The largest absolute Gasteiger partial charge is 0.350 e. The van der Waals surface area contributed by atoms with E-state index in [1.807, 2.05) is 38.1 Å². The van der Waals surface area contributed by atoms with E-state index >= 15 is 0 Å². The van der Waals surface area contributed by atoms with E-state index in [2.05, 4.69) is 15.9 Å². The highest BCUT2D eigenvalue weighted by Crippen LogP contribution is 2.37. The molecule has 1 amide bonds. The maximum absolute atomic E-state index is 11.7. The third-order valence-electron chi connectivity index (χ3n) is 2.81. The second-order valence-corrected chi connectivity index (χ2v) is 4.82. The van der Waals surface area contributed by atoms with Crippen LogP contribution >= 0.6 is 15.9 Å². The summed E-state index contributed by atoms with van der Waals surface area (Å²) >= 11 is 3.18. The highest BCUT2D eigenvalue weighted by Gasteiger charge is 2.33. The average molecular weight is 284 g/mol. The van der Waals surface area contributed by atoms with Crippen LogP contribution in [0.1, 0.15) is 19.4 Å². The first-order chi connectivity index (χ1) is 7.56. The first-order valence-electron chi connectivity index (χ1n) is 5.16. The third-order valence-corrected chi connectivity index (χ3v) is 3.29. The van der Waals surface area contributed by atoms with E-state index < -0.39 is 0 Å². The molecule has 0 N–H and O–H groups in total. The monoisotopic (exact) mass is 283 g/mol. The zero-order valence-corrected chi connectivity index (χ0v) is 11.0. The Kier molecular flexibility index (Phi) is 3.04. The molecule has 1 aliphatic heterocycles. The zero-order chi connectivity index (χ0) is 11.8. The van der Waals surface area contributed by atoms with Crippen LogP contribution in [0.15, 0.2) is 24.3 Å². The Balaban J connectivity index is 2.47. The molecule has 2 rings (SSSR count). The van der Waals surface area contributed by atoms with Crippen LogP contribution in [0.5, 0.6) is 0 Å². The summed E-state index contributed by atoms with van der Waals surface area (Å²) in [5, 5.41) is 0.311. The Bertz CT molecular complexity index is 417. The maximum atomic E-state index is 11.7. The van der Waals surface area contributed by atoms with Gasteiger partial charge in [0.05, 0.1) is 16.6 Å². The predicted molar refractivity (Wildman–Crippen MR) is 66.7 cm³/mol. The Morgan fingerprint density at radius 2 is 2.19 bits per heavy atom. The molecule has 86 valence electrons. The van der Waals surface area contributed by atoms with Crippen LogP contribution in [-0.2, 0) is 15.1 Å². The van der Waals surface area contributed by atoms with Gasteiger partial charge in [0.15, 0.2) is 0 Å². The van der Waals surface area contributed by atoms with Crippen molar-refractivity contribution in [2.45, 2.75) is 19.4 Å². The van der Waals surface area contributed by atoms with Crippen LogP contribution in [-0.4, -0.2) is 18.0 Å². The molecule has 0 aromatic heterocycles. The Labute approximate surface area is 104 Å². The molecule has 0 saturated carbocycles. The van der Waals surface area contributed by atoms with Crippen LogP contribution in [0, 0.1) is 0 Å². The fourth-order valence-corrected chi connectivity index (χ4v) is 2.17. The van der Waals surface area contributed by atoms with E-state index in [-0.39, 0.29) is 11.5 Å². The molecule has 1 aromatic rings.